The van der Waals surface area contributed by atoms with Gasteiger partial charge in [0, 0.05) is 18.7 Å². The van der Waals surface area contributed by atoms with Crippen LogP contribution in [0.2, 0.25) is 0 Å². The summed E-state index contributed by atoms with van der Waals surface area (Å²) in [5.41, 5.74) is 0.985. The SMILES string of the molecule is O=C(NCCS(=O)(=O)Cc1cc2cccc3c2n(c1=O)CCC3)c1c(F)cccc1F. The summed E-state index contributed by atoms with van der Waals surface area (Å²) in [5, 5.41) is 3.03. The lowest BCUT2D eigenvalue weighted by Crippen LogP contribution is -2.32. The molecule has 1 aliphatic rings. The summed E-state index contributed by atoms with van der Waals surface area (Å²) in [6.45, 7) is 0.200. The Morgan fingerprint density at radius 2 is 1.81 bits per heavy atom. The van der Waals surface area contributed by atoms with E-state index in [1.165, 1.54) is 0 Å². The maximum Gasteiger partial charge on any atom is 0.257 e. The van der Waals surface area contributed by atoms with Crippen LogP contribution < -0.4 is 10.9 Å². The molecule has 3 aromatic rings. The summed E-state index contributed by atoms with van der Waals surface area (Å²) in [7, 11) is -3.76. The summed E-state index contributed by atoms with van der Waals surface area (Å²) in [6.07, 6.45) is 1.68. The average molecular weight is 446 g/mol. The van der Waals surface area contributed by atoms with E-state index in [2.05, 4.69) is 5.32 Å². The number of para-hydroxylation sites is 1. The number of nitrogens with one attached hydrogen (secondary N) is 1. The first-order valence-electron chi connectivity index (χ1n) is 9.84. The first kappa shape index (κ1) is 21.2. The zero-order chi connectivity index (χ0) is 22.2. The van der Waals surface area contributed by atoms with E-state index in [1.54, 1.807) is 10.6 Å². The lowest BCUT2D eigenvalue weighted by molar-refractivity contribution is 0.0947. The number of aromatic nitrogens is 1. The summed E-state index contributed by atoms with van der Waals surface area (Å²) in [4.78, 5) is 24.9. The van der Waals surface area contributed by atoms with Crippen LogP contribution >= 0.6 is 0 Å². The number of amides is 1. The number of benzene rings is 2. The van der Waals surface area contributed by atoms with Gasteiger partial charge < -0.3 is 9.88 Å². The summed E-state index contributed by atoms with van der Waals surface area (Å²) in [6, 6.07) is 10.3. The van der Waals surface area contributed by atoms with Gasteiger partial charge in [0.15, 0.2) is 9.84 Å². The number of carbonyl (C=O) groups excluding carboxylic acids is 1. The maximum absolute atomic E-state index is 13.7. The van der Waals surface area contributed by atoms with Crippen LogP contribution in [-0.4, -0.2) is 31.2 Å². The number of aryl methyl sites for hydroxylation is 2. The number of sulfone groups is 1. The van der Waals surface area contributed by atoms with Gasteiger partial charge in [0.1, 0.15) is 17.2 Å². The summed E-state index contributed by atoms with van der Waals surface area (Å²) >= 11 is 0. The Morgan fingerprint density at radius 1 is 1.10 bits per heavy atom. The molecule has 31 heavy (non-hydrogen) atoms. The van der Waals surface area contributed by atoms with Gasteiger partial charge in [0.05, 0.1) is 17.0 Å². The number of hydrogen-bond donors (Lipinski definition) is 1. The first-order valence-corrected chi connectivity index (χ1v) is 11.7. The van der Waals surface area contributed by atoms with Gasteiger partial charge in [-0.2, -0.15) is 0 Å². The van der Waals surface area contributed by atoms with Crippen LogP contribution in [0.4, 0.5) is 8.78 Å². The monoisotopic (exact) mass is 446 g/mol. The van der Waals surface area contributed by atoms with Crippen molar-refractivity contribution in [3.05, 3.63) is 81.1 Å². The van der Waals surface area contributed by atoms with Crippen LogP contribution in [0, 0.1) is 11.6 Å². The van der Waals surface area contributed by atoms with E-state index in [9.17, 15) is 26.8 Å². The fourth-order valence-electron chi connectivity index (χ4n) is 3.96. The van der Waals surface area contributed by atoms with E-state index in [0.29, 0.717) is 6.54 Å². The zero-order valence-corrected chi connectivity index (χ0v) is 17.3. The van der Waals surface area contributed by atoms with E-state index in [0.717, 1.165) is 47.5 Å². The van der Waals surface area contributed by atoms with Crippen LogP contribution in [0.15, 0.2) is 47.3 Å². The smallest absolute Gasteiger partial charge is 0.257 e. The first-order chi connectivity index (χ1) is 14.8. The molecule has 0 saturated heterocycles. The second kappa shape index (κ2) is 8.22. The topological polar surface area (TPSA) is 85.2 Å². The molecule has 0 fully saturated rings. The highest BCUT2D eigenvalue weighted by Crippen LogP contribution is 2.24. The molecule has 1 aromatic heterocycles. The molecule has 2 heterocycles. The Balaban J connectivity index is 1.50. The molecular weight excluding hydrogens is 426 g/mol. The van der Waals surface area contributed by atoms with E-state index in [-0.39, 0.29) is 17.7 Å². The minimum absolute atomic E-state index is 0.165. The molecule has 0 spiro atoms. The Kier molecular flexibility index (Phi) is 5.62. The zero-order valence-electron chi connectivity index (χ0n) is 16.5. The molecule has 162 valence electrons. The minimum Gasteiger partial charge on any atom is -0.351 e. The van der Waals surface area contributed by atoms with Crippen LogP contribution in [0.3, 0.4) is 0 Å². The van der Waals surface area contributed by atoms with Crippen molar-refractivity contribution in [3.63, 3.8) is 0 Å². The number of nitrogens with zero attached hydrogens (tertiary/aromatic N) is 1. The van der Waals surface area contributed by atoms with Gasteiger partial charge in [-0.15, -0.1) is 0 Å². The van der Waals surface area contributed by atoms with E-state index < -0.39 is 44.4 Å². The second-order valence-corrected chi connectivity index (χ2v) is 9.71. The molecule has 1 amide bonds. The quantitative estimate of drug-likeness (QED) is 0.631. The molecule has 0 aliphatic carbocycles. The predicted octanol–water partition coefficient (Wildman–Crippen LogP) is 2.57. The number of pyridine rings is 1. The normalized spacial score (nSPS) is 13.4. The highest BCUT2D eigenvalue weighted by Gasteiger charge is 2.21. The Labute approximate surface area is 177 Å². The van der Waals surface area contributed by atoms with Crippen molar-refractivity contribution in [3.8, 4) is 0 Å². The third kappa shape index (κ3) is 4.23. The predicted molar refractivity (Wildman–Crippen MR) is 113 cm³/mol. The van der Waals surface area contributed by atoms with Crippen molar-refractivity contribution in [2.45, 2.75) is 25.1 Å². The number of hydrogen-bond acceptors (Lipinski definition) is 4. The van der Waals surface area contributed by atoms with Crippen molar-refractivity contribution in [2.24, 2.45) is 0 Å². The lowest BCUT2D eigenvalue weighted by atomic mass is 10.0. The van der Waals surface area contributed by atoms with Crippen molar-refractivity contribution in [2.75, 3.05) is 12.3 Å². The van der Waals surface area contributed by atoms with Crippen LogP contribution in [0.5, 0.6) is 0 Å². The molecule has 0 radical (unpaired) electrons. The summed E-state index contributed by atoms with van der Waals surface area (Å²) < 4.78 is 54.1. The van der Waals surface area contributed by atoms with Gasteiger partial charge in [-0.1, -0.05) is 24.3 Å². The molecule has 2 aromatic carbocycles. The molecule has 1 aliphatic heterocycles. The van der Waals surface area contributed by atoms with Gasteiger partial charge in [0.25, 0.3) is 11.5 Å². The molecule has 1 N–H and O–H groups in total. The van der Waals surface area contributed by atoms with Gasteiger partial charge in [-0.25, -0.2) is 17.2 Å². The molecule has 0 atom stereocenters. The largest absolute Gasteiger partial charge is 0.351 e. The van der Waals surface area contributed by atoms with Crippen molar-refractivity contribution < 1.29 is 22.0 Å². The standard InChI is InChI=1S/C22H20F2N2O4S/c23-17-7-2-8-18(24)19(17)21(27)25-9-11-31(29,30)13-16-12-15-5-1-4-14-6-3-10-26(20(14)15)22(16)28/h1-2,4-5,7-8,12H,3,6,9-11,13H2,(H,25,27). The van der Waals surface area contributed by atoms with Gasteiger partial charge in [-0.05, 0) is 42.0 Å². The van der Waals surface area contributed by atoms with Gasteiger partial charge in [0.2, 0.25) is 0 Å². The fraction of sp³-hybridized carbons (Fsp3) is 0.273. The highest BCUT2D eigenvalue weighted by molar-refractivity contribution is 7.90. The third-order valence-corrected chi connectivity index (χ3v) is 6.94. The number of carbonyl (C=O) groups is 1. The maximum atomic E-state index is 13.7. The van der Waals surface area contributed by atoms with Gasteiger partial charge >= 0.3 is 0 Å². The van der Waals surface area contributed by atoms with Crippen LogP contribution in [0.1, 0.15) is 27.9 Å². The summed E-state index contributed by atoms with van der Waals surface area (Å²) in [5.74, 6) is -4.04. The van der Waals surface area contributed by atoms with E-state index in [1.807, 2.05) is 18.2 Å². The lowest BCUT2D eigenvalue weighted by Gasteiger charge is -2.20. The third-order valence-electron chi connectivity index (χ3n) is 5.36. The van der Waals surface area contributed by atoms with Crippen molar-refractivity contribution in [1.82, 2.24) is 9.88 Å². The molecule has 6 nitrogen and oxygen atoms in total. The van der Waals surface area contributed by atoms with E-state index >= 15 is 0 Å². The Bertz CT molecular complexity index is 1330. The average Bonchev–Trinajstić information content (AvgIpc) is 2.71. The Hall–Kier alpha value is -3.07. The van der Waals surface area contributed by atoms with Crippen molar-refractivity contribution in [1.29, 1.82) is 0 Å². The van der Waals surface area contributed by atoms with E-state index in [4.69, 9.17) is 0 Å². The minimum atomic E-state index is -3.76. The second-order valence-electron chi connectivity index (χ2n) is 7.53. The molecule has 4 rings (SSSR count). The van der Waals surface area contributed by atoms with Crippen LogP contribution in [-0.2, 0) is 28.6 Å². The van der Waals surface area contributed by atoms with Gasteiger partial charge in [-0.3, -0.25) is 9.59 Å². The number of halogens is 2. The number of rotatable bonds is 6. The Morgan fingerprint density at radius 3 is 2.55 bits per heavy atom. The molecule has 0 unspecified atom stereocenters. The molecule has 0 bridgehead atoms. The molecular formula is C22H20F2N2O4S. The highest BCUT2D eigenvalue weighted by atomic mass is 32.2. The molecule has 9 heteroatoms. The van der Waals surface area contributed by atoms with Crippen LogP contribution in [0.25, 0.3) is 10.9 Å². The van der Waals surface area contributed by atoms with Crippen molar-refractivity contribution >= 4 is 26.6 Å². The fourth-order valence-corrected chi connectivity index (χ4v) is 5.20. The molecule has 0 saturated carbocycles.